The quantitative estimate of drug-likeness (QED) is 0.906. The zero-order valence-corrected chi connectivity index (χ0v) is 12.4. The average molecular weight is 298 g/mol. The van der Waals surface area contributed by atoms with Crippen LogP contribution < -0.4 is 10.2 Å². The molecule has 1 saturated heterocycles. The third-order valence-corrected chi connectivity index (χ3v) is 3.67. The van der Waals surface area contributed by atoms with Crippen LogP contribution in [0.1, 0.15) is 10.4 Å². The Hall–Kier alpha value is -2.70. The topological polar surface area (TPSA) is 74.2 Å². The van der Waals surface area contributed by atoms with Crippen LogP contribution in [0.5, 0.6) is 0 Å². The van der Waals surface area contributed by atoms with Gasteiger partial charge in [0.05, 0.1) is 5.56 Å². The van der Waals surface area contributed by atoms with E-state index in [0.29, 0.717) is 18.7 Å². The average Bonchev–Trinajstić information content (AvgIpc) is 2.62. The van der Waals surface area contributed by atoms with Gasteiger partial charge in [-0.25, -0.2) is 15.0 Å². The molecule has 3 rings (SSSR count). The van der Waals surface area contributed by atoms with Gasteiger partial charge in [-0.1, -0.05) is 0 Å². The largest absolute Gasteiger partial charge is 0.373 e. The van der Waals surface area contributed by atoms with Gasteiger partial charge in [0, 0.05) is 51.8 Å². The van der Waals surface area contributed by atoms with Crippen molar-refractivity contribution in [3.8, 4) is 0 Å². The molecule has 0 radical (unpaired) electrons. The number of amides is 1. The molecular weight excluding hydrogens is 280 g/mol. The summed E-state index contributed by atoms with van der Waals surface area (Å²) in [6, 6.07) is 5.40. The minimum Gasteiger partial charge on any atom is -0.373 e. The zero-order valence-electron chi connectivity index (χ0n) is 12.4. The van der Waals surface area contributed by atoms with E-state index in [1.807, 2.05) is 4.90 Å². The molecular formula is C15H18N6O. The van der Waals surface area contributed by atoms with Crippen LogP contribution in [0.3, 0.4) is 0 Å². The fourth-order valence-corrected chi connectivity index (χ4v) is 2.41. The molecule has 1 N–H and O–H groups in total. The van der Waals surface area contributed by atoms with Gasteiger partial charge in [-0.05, 0) is 18.2 Å². The number of rotatable bonds is 3. The maximum Gasteiger partial charge on any atom is 0.255 e. The molecule has 0 saturated carbocycles. The molecule has 0 spiro atoms. The Balaban J connectivity index is 1.62. The number of carbonyl (C=O) groups excluding carboxylic acids is 1. The Morgan fingerprint density at radius 3 is 2.41 bits per heavy atom. The van der Waals surface area contributed by atoms with Crippen LogP contribution in [0.2, 0.25) is 0 Å². The number of nitrogens with zero attached hydrogens (tertiary/aromatic N) is 5. The van der Waals surface area contributed by atoms with E-state index in [0.717, 1.165) is 24.9 Å². The monoisotopic (exact) mass is 298 g/mol. The Labute approximate surface area is 129 Å². The number of piperazine rings is 1. The summed E-state index contributed by atoms with van der Waals surface area (Å²) in [6.45, 7) is 2.78. The summed E-state index contributed by atoms with van der Waals surface area (Å²) in [6.07, 6.45) is 5.07. The van der Waals surface area contributed by atoms with Crippen molar-refractivity contribution in [1.82, 2.24) is 19.9 Å². The Morgan fingerprint density at radius 1 is 1.09 bits per heavy atom. The first-order chi connectivity index (χ1) is 10.8. The van der Waals surface area contributed by atoms with Crippen LogP contribution in [0.25, 0.3) is 0 Å². The van der Waals surface area contributed by atoms with Crippen molar-refractivity contribution >= 4 is 17.7 Å². The van der Waals surface area contributed by atoms with Crippen molar-refractivity contribution < 1.29 is 4.79 Å². The summed E-state index contributed by atoms with van der Waals surface area (Å²) >= 11 is 0. The van der Waals surface area contributed by atoms with Gasteiger partial charge in [0.1, 0.15) is 5.82 Å². The minimum atomic E-state index is 0.0174. The van der Waals surface area contributed by atoms with E-state index in [-0.39, 0.29) is 5.91 Å². The first-order valence-electron chi connectivity index (χ1n) is 7.23. The van der Waals surface area contributed by atoms with Gasteiger partial charge in [0.25, 0.3) is 5.91 Å². The second-order valence-electron chi connectivity index (χ2n) is 5.01. The summed E-state index contributed by atoms with van der Waals surface area (Å²) < 4.78 is 0. The lowest BCUT2D eigenvalue weighted by Gasteiger charge is -2.34. The number of aromatic nitrogens is 3. The summed E-state index contributed by atoms with van der Waals surface area (Å²) in [4.78, 5) is 29.1. The van der Waals surface area contributed by atoms with Crippen molar-refractivity contribution in [2.24, 2.45) is 0 Å². The molecule has 7 heteroatoms. The summed E-state index contributed by atoms with van der Waals surface area (Å²) in [5.74, 6) is 1.49. The van der Waals surface area contributed by atoms with Crippen molar-refractivity contribution in [3.63, 3.8) is 0 Å². The van der Waals surface area contributed by atoms with Crippen molar-refractivity contribution in [2.45, 2.75) is 0 Å². The van der Waals surface area contributed by atoms with Crippen LogP contribution in [-0.4, -0.2) is 59.0 Å². The van der Waals surface area contributed by atoms with Crippen LogP contribution in [0, 0.1) is 0 Å². The summed E-state index contributed by atoms with van der Waals surface area (Å²) in [7, 11) is 1.80. The second kappa shape index (κ2) is 6.38. The number of pyridine rings is 1. The highest BCUT2D eigenvalue weighted by molar-refractivity contribution is 5.94. The van der Waals surface area contributed by atoms with E-state index < -0.39 is 0 Å². The summed E-state index contributed by atoms with van der Waals surface area (Å²) in [5, 5.41) is 2.94. The SMILES string of the molecule is CNc1ccc(C(=O)N2CCN(c3ncccn3)CC2)cn1. The third-order valence-electron chi connectivity index (χ3n) is 3.67. The van der Waals surface area contributed by atoms with E-state index in [4.69, 9.17) is 0 Å². The lowest BCUT2D eigenvalue weighted by atomic mass is 10.2. The highest BCUT2D eigenvalue weighted by atomic mass is 16.2. The van der Waals surface area contributed by atoms with Crippen LogP contribution >= 0.6 is 0 Å². The molecule has 1 fully saturated rings. The van der Waals surface area contributed by atoms with E-state index >= 15 is 0 Å². The number of hydrogen-bond donors (Lipinski definition) is 1. The molecule has 0 atom stereocenters. The number of carbonyl (C=O) groups is 1. The molecule has 0 bridgehead atoms. The lowest BCUT2D eigenvalue weighted by molar-refractivity contribution is 0.0746. The molecule has 0 unspecified atom stereocenters. The molecule has 0 aliphatic carbocycles. The molecule has 3 heterocycles. The second-order valence-corrected chi connectivity index (χ2v) is 5.01. The molecule has 1 aliphatic heterocycles. The van der Waals surface area contributed by atoms with E-state index in [1.54, 1.807) is 43.8 Å². The Bertz CT molecular complexity index is 622. The maximum absolute atomic E-state index is 12.5. The molecule has 2 aromatic rings. The van der Waals surface area contributed by atoms with Gasteiger partial charge in [-0.2, -0.15) is 0 Å². The van der Waals surface area contributed by atoms with Gasteiger partial charge in [-0.3, -0.25) is 4.79 Å². The van der Waals surface area contributed by atoms with Crippen LogP contribution in [0.15, 0.2) is 36.8 Å². The molecule has 114 valence electrons. The molecule has 22 heavy (non-hydrogen) atoms. The van der Waals surface area contributed by atoms with Crippen LogP contribution in [0.4, 0.5) is 11.8 Å². The number of anilines is 2. The van der Waals surface area contributed by atoms with Crippen molar-refractivity contribution in [1.29, 1.82) is 0 Å². The molecule has 2 aromatic heterocycles. The van der Waals surface area contributed by atoms with Crippen molar-refractivity contribution in [3.05, 3.63) is 42.4 Å². The molecule has 1 aliphatic rings. The Kier molecular flexibility index (Phi) is 4.13. The number of hydrogen-bond acceptors (Lipinski definition) is 6. The third kappa shape index (κ3) is 2.98. The fourth-order valence-electron chi connectivity index (χ4n) is 2.41. The van der Waals surface area contributed by atoms with Gasteiger partial charge >= 0.3 is 0 Å². The van der Waals surface area contributed by atoms with Crippen molar-refractivity contribution in [2.75, 3.05) is 43.4 Å². The zero-order chi connectivity index (χ0) is 15.4. The minimum absolute atomic E-state index is 0.0174. The predicted octanol–water partition coefficient (Wildman–Crippen LogP) is 0.876. The van der Waals surface area contributed by atoms with Gasteiger partial charge in [0.15, 0.2) is 0 Å². The molecule has 1 amide bonds. The normalized spacial score (nSPS) is 14.8. The van der Waals surface area contributed by atoms with Gasteiger partial charge in [-0.15, -0.1) is 0 Å². The van der Waals surface area contributed by atoms with E-state index in [2.05, 4.69) is 25.2 Å². The highest BCUT2D eigenvalue weighted by Gasteiger charge is 2.23. The molecule has 7 nitrogen and oxygen atoms in total. The first-order valence-corrected chi connectivity index (χ1v) is 7.23. The highest BCUT2D eigenvalue weighted by Crippen LogP contribution is 2.13. The molecule has 0 aromatic carbocycles. The standard InChI is InChI=1S/C15H18N6O/c1-16-13-4-3-12(11-19-13)14(22)20-7-9-21(10-8-20)15-17-5-2-6-18-15/h2-6,11H,7-10H2,1H3,(H,16,19). The lowest BCUT2D eigenvalue weighted by Crippen LogP contribution is -2.49. The smallest absolute Gasteiger partial charge is 0.255 e. The predicted molar refractivity (Wildman–Crippen MR) is 83.9 cm³/mol. The number of nitrogens with one attached hydrogen (secondary N) is 1. The van der Waals surface area contributed by atoms with E-state index in [1.165, 1.54) is 0 Å². The van der Waals surface area contributed by atoms with Crippen LogP contribution in [-0.2, 0) is 0 Å². The first kappa shape index (κ1) is 14.2. The van der Waals surface area contributed by atoms with Gasteiger partial charge < -0.3 is 15.1 Å². The fraction of sp³-hybridized carbons (Fsp3) is 0.333. The van der Waals surface area contributed by atoms with Gasteiger partial charge in [0.2, 0.25) is 5.95 Å². The maximum atomic E-state index is 12.5. The Morgan fingerprint density at radius 2 is 1.82 bits per heavy atom. The van der Waals surface area contributed by atoms with E-state index in [9.17, 15) is 4.79 Å². The summed E-state index contributed by atoms with van der Waals surface area (Å²) in [5.41, 5.74) is 0.614.